The first-order chi connectivity index (χ1) is 13.7. The Bertz CT molecular complexity index is 751. The SMILES string of the molecule is COc1ccc(CCC(=O)Nc2ccccc2CN(C)C2CCCCC2)cc1. The van der Waals surface area contributed by atoms with Crippen LogP contribution >= 0.6 is 0 Å². The zero-order valence-corrected chi connectivity index (χ0v) is 17.1. The first-order valence-electron chi connectivity index (χ1n) is 10.4. The van der Waals surface area contributed by atoms with Gasteiger partial charge in [0, 0.05) is 24.7 Å². The fourth-order valence-electron chi connectivity index (χ4n) is 3.96. The van der Waals surface area contributed by atoms with E-state index in [1.807, 2.05) is 36.4 Å². The first-order valence-corrected chi connectivity index (χ1v) is 10.4. The van der Waals surface area contributed by atoms with E-state index in [0.717, 1.165) is 30.0 Å². The number of benzene rings is 2. The maximum Gasteiger partial charge on any atom is 0.224 e. The summed E-state index contributed by atoms with van der Waals surface area (Å²) in [7, 11) is 3.86. The molecule has 28 heavy (non-hydrogen) atoms. The van der Waals surface area contributed by atoms with Crippen molar-refractivity contribution in [2.75, 3.05) is 19.5 Å². The van der Waals surface area contributed by atoms with Gasteiger partial charge in [0.15, 0.2) is 0 Å². The second-order valence-electron chi connectivity index (χ2n) is 7.76. The number of para-hydroxylation sites is 1. The molecule has 2 aromatic rings. The molecule has 0 spiro atoms. The lowest BCUT2D eigenvalue weighted by Gasteiger charge is -2.31. The van der Waals surface area contributed by atoms with Crippen LogP contribution in [0.4, 0.5) is 5.69 Å². The van der Waals surface area contributed by atoms with Crippen molar-refractivity contribution in [1.29, 1.82) is 0 Å². The van der Waals surface area contributed by atoms with Crippen LogP contribution in [0.2, 0.25) is 0 Å². The van der Waals surface area contributed by atoms with Gasteiger partial charge in [0.25, 0.3) is 0 Å². The highest BCUT2D eigenvalue weighted by atomic mass is 16.5. The van der Waals surface area contributed by atoms with Gasteiger partial charge >= 0.3 is 0 Å². The van der Waals surface area contributed by atoms with Crippen LogP contribution in [0, 0.1) is 0 Å². The number of anilines is 1. The highest BCUT2D eigenvalue weighted by Crippen LogP contribution is 2.25. The number of hydrogen-bond acceptors (Lipinski definition) is 3. The maximum atomic E-state index is 12.5. The molecule has 4 nitrogen and oxygen atoms in total. The summed E-state index contributed by atoms with van der Waals surface area (Å²) in [5.74, 6) is 0.896. The van der Waals surface area contributed by atoms with Gasteiger partial charge in [-0.2, -0.15) is 0 Å². The lowest BCUT2D eigenvalue weighted by Crippen LogP contribution is -2.33. The molecule has 1 fully saturated rings. The molecule has 0 bridgehead atoms. The molecule has 0 heterocycles. The highest BCUT2D eigenvalue weighted by Gasteiger charge is 2.19. The summed E-state index contributed by atoms with van der Waals surface area (Å²) in [6.45, 7) is 0.875. The van der Waals surface area contributed by atoms with Gasteiger partial charge < -0.3 is 10.1 Å². The molecule has 4 heteroatoms. The van der Waals surface area contributed by atoms with Crippen molar-refractivity contribution in [2.45, 2.75) is 57.5 Å². The van der Waals surface area contributed by atoms with E-state index in [0.29, 0.717) is 12.5 Å². The van der Waals surface area contributed by atoms with E-state index in [4.69, 9.17) is 4.74 Å². The number of carbonyl (C=O) groups excluding carboxylic acids is 1. The summed E-state index contributed by atoms with van der Waals surface area (Å²) in [5.41, 5.74) is 3.26. The van der Waals surface area contributed by atoms with Crippen molar-refractivity contribution in [3.05, 3.63) is 59.7 Å². The monoisotopic (exact) mass is 380 g/mol. The molecule has 1 aliphatic carbocycles. The first kappa shape index (κ1) is 20.4. The Balaban J connectivity index is 1.55. The maximum absolute atomic E-state index is 12.5. The largest absolute Gasteiger partial charge is 0.497 e. The van der Waals surface area contributed by atoms with Gasteiger partial charge in [0.1, 0.15) is 5.75 Å². The average molecular weight is 381 g/mol. The van der Waals surface area contributed by atoms with Gasteiger partial charge in [-0.1, -0.05) is 49.6 Å². The van der Waals surface area contributed by atoms with Gasteiger partial charge in [0.05, 0.1) is 7.11 Å². The molecule has 3 rings (SSSR count). The lowest BCUT2D eigenvalue weighted by atomic mass is 9.94. The van der Waals surface area contributed by atoms with Crippen LogP contribution < -0.4 is 10.1 Å². The fourth-order valence-corrected chi connectivity index (χ4v) is 3.96. The van der Waals surface area contributed by atoms with E-state index >= 15 is 0 Å². The quantitative estimate of drug-likeness (QED) is 0.698. The van der Waals surface area contributed by atoms with Crippen LogP contribution in [0.5, 0.6) is 5.75 Å². The Labute approximate surface area is 168 Å². The number of rotatable bonds is 8. The van der Waals surface area contributed by atoms with Crippen molar-refractivity contribution in [3.63, 3.8) is 0 Å². The van der Waals surface area contributed by atoms with E-state index in [-0.39, 0.29) is 5.91 Å². The Morgan fingerprint density at radius 2 is 1.79 bits per heavy atom. The summed E-state index contributed by atoms with van der Waals surface area (Å²) >= 11 is 0. The molecule has 1 amide bonds. The Morgan fingerprint density at radius 1 is 1.07 bits per heavy atom. The van der Waals surface area contributed by atoms with E-state index in [9.17, 15) is 4.79 Å². The lowest BCUT2D eigenvalue weighted by molar-refractivity contribution is -0.116. The van der Waals surface area contributed by atoms with Crippen LogP contribution in [-0.4, -0.2) is 31.0 Å². The summed E-state index contributed by atoms with van der Waals surface area (Å²) in [5, 5.41) is 3.12. The normalized spacial score (nSPS) is 14.8. The number of amides is 1. The van der Waals surface area contributed by atoms with Gasteiger partial charge in [-0.15, -0.1) is 0 Å². The second-order valence-corrected chi connectivity index (χ2v) is 7.76. The summed E-state index contributed by atoms with van der Waals surface area (Å²) in [6.07, 6.45) is 7.79. The zero-order valence-electron chi connectivity index (χ0n) is 17.1. The number of nitrogens with one attached hydrogen (secondary N) is 1. The average Bonchev–Trinajstić information content (AvgIpc) is 2.74. The molecule has 0 atom stereocenters. The van der Waals surface area contributed by atoms with Gasteiger partial charge in [-0.05, 0) is 55.6 Å². The number of methoxy groups -OCH3 is 1. The molecule has 0 unspecified atom stereocenters. The van der Waals surface area contributed by atoms with Crippen LogP contribution in [0.1, 0.15) is 49.7 Å². The number of carbonyl (C=O) groups is 1. The van der Waals surface area contributed by atoms with Crippen molar-refractivity contribution in [3.8, 4) is 5.75 Å². The van der Waals surface area contributed by atoms with Crippen LogP contribution in [0.15, 0.2) is 48.5 Å². The van der Waals surface area contributed by atoms with E-state index in [1.54, 1.807) is 7.11 Å². The molecule has 150 valence electrons. The van der Waals surface area contributed by atoms with Crippen molar-refractivity contribution in [1.82, 2.24) is 4.90 Å². The minimum atomic E-state index is 0.0589. The predicted molar refractivity (Wildman–Crippen MR) is 115 cm³/mol. The molecular formula is C24H32N2O2. The van der Waals surface area contributed by atoms with Crippen LogP contribution in [0.25, 0.3) is 0 Å². The van der Waals surface area contributed by atoms with Crippen molar-refractivity contribution < 1.29 is 9.53 Å². The topological polar surface area (TPSA) is 41.6 Å². The number of nitrogens with zero attached hydrogens (tertiary/aromatic N) is 1. The molecule has 1 aliphatic rings. The van der Waals surface area contributed by atoms with Gasteiger partial charge in [-0.3, -0.25) is 9.69 Å². The fraction of sp³-hybridized carbons (Fsp3) is 0.458. The van der Waals surface area contributed by atoms with Gasteiger partial charge in [-0.25, -0.2) is 0 Å². The highest BCUT2D eigenvalue weighted by molar-refractivity contribution is 5.91. The Kier molecular flexibility index (Phi) is 7.49. The third-order valence-electron chi connectivity index (χ3n) is 5.71. The Hall–Kier alpha value is -2.33. The van der Waals surface area contributed by atoms with Crippen LogP contribution in [-0.2, 0) is 17.8 Å². The molecule has 1 saturated carbocycles. The molecule has 0 aliphatic heterocycles. The molecule has 0 aromatic heterocycles. The molecule has 0 radical (unpaired) electrons. The van der Waals surface area contributed by atoms with E-state index in [2.05, 4.69) is 29.4 Å². The second kappa shape index (κ2) is 10.3. The van der Waals surface area contributed by atoms with Crippen molar-refractivity contribution >= 4 is 11.6 Å². The molecule has 1 N–H and O–H groups in total. The third kappa shape index (κ3) is 5.83. The zero-order chi connectivity index (χ0) is 19.8. The minimum absolute atomic E-state index is 0.0589. The van der Waals surface area contributed by atoms with E-state index in [1.165, 1.54) is 37.7 Å². The van der Waals surface area contributed by atoms with E-state index < -0.39 is 0 Å². The summed E-state index contributed by atoms with van der Waals surface area (Å²) in [4.78, 5) is 14.9. The smallest absolute Gasteiger partial charge is 0.224 e. The third-order valence-corrected chi connectivity index (χ3v) is 5.71. The summed E-state index contributed by atoms with van der Waals surface area (Å²) < 4.78 is 5.18. The van der Waals surface area contributed by atoms with Crippen molar-refractivity contribution in [2.24, 2.45) is 0 Å². The van der Waals surface area contributed by atoms with Gasteiger partial charge in [0.2, 0.25) is 5.91 Å². The van der Waals surface area contributed by atoms with Crippen LogP contribution in [0.3, 0.4) is 0 Å². The Morgan fingerprint density at radius 3 is 2.50 bits per heavy atom. The predicted octanol–water partition coefficient (Wildman–Crippen LogP) is 5.03. The summed E-state index contributed by atoms with van der Waals surface area (Å²) in [6, 6.07) is 16.7. The number of aryl methyl sites for hydroxylation is 1. The number of hydrogen-bond donors (Lipinski definition) is 1. The minimum Gasteiger partial charge on any atom is -0.497 e. The number of ether oxygens (including phenoxy) is 1. The molecule has 2 aromatic carbocycles. The molecular weight excluding hydrogens is 348 g/mol. The molecule has 0 saturated heterocycles. The standard InChI is InChI=1S/C24H32N2O2/c1-26(21-9-4-3-5-10-21)18-20-8-6-7-11-23(20)25-24(27)17-14-19-12-15-22(28-2)16-13-19/h6-8,11-13,15-16,21H,3-5,9-10,14,17-18H2,1-2H3,(H,25,27).